The molecule has 0 atom stereocenters. The monoisotopic (exact) mass is 445 g/mol. The highest BCUT2D eigenvalue weighted by Crippen LogP contribution is 2.25. The molecular formula is C19H19F4N3O3S. The Morgan fingerprint density at radius 1 is 1.00 bits per heavy atom. The van der Waals surface area contributed by atoms with E-state index in [1.807, 2.05) is 9.62 Å². The predicted molar refractivity (Wildman–Crippen MR) is 102 cm³/mol. The first-order valence-corrected chi connectivity index (χ1v) is 10.5. The van der Waals surface area contributed by atoms with Gasteiger partial charge in [0, 0.05) is 37.4 Å². The number of hydrogen-bond donors (Lipinski definition) is 1. The first-order chi connectivity index (χ1) is 14.2. The average molecular weight is 445 g/mol. The summed E-state index contributed by atoms with van der Waals surface area (Å²) in [6.07, 6.45) is -2.57. The summed E-state index contributed by atoms with van der Waals surface area (Å²) in [5.74, 6) is -3.55. The molecule has 1 heterocycles. The second kappa shape index (κ2) is 8.60. The molecule has 1 amide bonds. The smallest absolute Gasteiger partial charge is 0.263 e. The molecule has 1 saturated heterocycles. The van der Waals surface area contributed by atoms with Gasteiger partial charge in [0.05, 0.1) is 0 Å². The lowest BCUT2D eigenvalue weighted by Gasteiger charge is -2.36. The molecule has 0 unspecified atom stereocenters. The zero-order chi connectivity index (χ0) is 22.1. The molecule has 0 saturated carbocycles. The van der Waals surface area contributed by atoms with Crippen molar-refractivity contribution in [3.8, 4) is 0 Å². The third kappa shape index (κ3) is 4.26. The van der Waals surface area contributed by atoms with Gasteiger partial charge in [0.25, 0.3) is 12.3 Å². The van der Waals surface area contributed by atoms with Crippen molar-refractivity contribution in [1.29, 1.82) is 0 Å². The Balaban J connectivity index is 1.76. The predicted octanol–water partition coefficient (Wildman–Crippen LogP) is 2.77. The van der Waals surface area contributed by atoms with Crippen LogP contribution in [0, 0.1) is 11.6 Å². The van der Waals surface area contributed by atoms with Crippen molar-refractivity contribution in [2.45, 2.75) is 11.3 Å². The number of nitrogens with one attached hydrogen (secondary N) is 1. The molecule has 11 heteroatoms. The Morgan fingerprint density at radius 2 is 1.60 bits per heavy atom. The van der Waals surface area contributed by atoms with E-state index < -0.39 is 44.4 Å². The van der Waals surface area contributed by atoms with E-state index in [1.54, 1.807) is 12.1 Å². The first kappa shape index (κ1) is 22.0. The van der Waals surface area contributed by atoms with Gasteiger partial charge < -0.3 is 9.80 Å². The number of benzene rings is 2. The Bertz CT molecular complexity index is 1040. The molecule has 2 aromatic carbocycles. The summed E-state index contributed by atoms with van der Waals surface area (Å²) in [7, 11) is -3.13. The molecule has 1 aliphatic rings. The lowest BCUT2D eigenvalue weighted by Crippen LogP contribution is -2.49. The van der Waals surface area contributed by atoms with E-state index in [-0.39, 0.29) is 18.7 Å². The van der Waals surface area contributed by atoms with Crippen LogP contribution >= 0.6 is 0 Å². The molecule has 1 aliphatic heterocycles. The quantitative estimate of drug-likeness (QED) is 0.719. The van der Waals surface area contributed by atoms with Crippen LogP contribution < -0.4 is 9.62 Å². The van der Waals surface area contributed by atoms with Crippen molar-refractivity contribution in [2.24, 2.45) is 0 Å². The Labute approximate surface area is 171 Å². The molecule has 1 N–H and O–H groups in total. The number of anilines is 1. The van der Waals surface area contributed by atoms with Gasteiger partial charge in [-0.3, -0.25) is 4.79 Å². The van der Waals surface area contributed by atoms with Gasteiger partial charge in [0.2, 0.25) is 10.0 Å². The van der Waals surface area contributed by atoms with Crippen molar-refractivity contribution < 1.29 is 30.8 Å². The van der Waals surface area contributed by atoms with Crippen molar-refractivity contribution in [3.63, 3.8) is 0 Å². The van der Waals surface area contributed by atoms with Gasteiger partial charge in [-0.1, -0.05) is 12.1 Å². The molecule has 0 aromatic heterocycles. The van der Waals surface area contributed by atoms with Crippen molar-refractivity contribution in [3.05, 3.63) is 59.2 Å². The van der Waals surface area contributed by atoms with Crippen LogP contribution in [-0.4, -0.2) is 52.5 Å². The van der Waals surface area contributed by atoms with Crippen LogP contribution in [0.3, 0.4) is 0 Å². The molecule has 0 radical (unpaired) electrons. The third-order valence-corrected chi connectivity index (χ3v) is 6.34. The Kier molecular flexibility index (Phi) is 6.32. The van der Waals surface area contributed by atoms with Gasteiger partial charge in [0.15, 0.2) is 5.82 Å². The Hall–Kier alpha value is -2.66. The number of halogens is 4. The fourth-order valence-corrected chi connectivity index (χ4v) is 4.01. The highest BCUT2D eigenvalue weighted by molar-refractivity contribution is 7.89. The van der Waals surface area contributed by atoms with Gasteiger partial charge in [-0.25, -0.2) is 30.7 Å². The summed E-state index contributed by atoms with van der Waals surface area (Å²) in [5.41, 5.74) is -0.345. The van der Waals surface area contributed by atoms with E-state index in [9.17, 15) is 30.8 Å². The Morgan fingerprint density at radius 3 is 2.13 bits per heavy atom. The molecule has 3 rings (SSSR count). The van der Waals surface area contributed by atoms with Gasteiger partial charge >= 0.3 is 0 Å². The highest BCUT2D eigenvalue weighted by atomic mass is 32.2. The number of amides is 1. The summed E-state index contributed by atoms with van der Waals surface area (Å²) in [6, 6.07) is 7.22. The molecule has 0 spiro atoms. The topological polar surface area (TPSA) is 69.7 Å². The maximum absolute atomic E-state index is 14.7. The molecule has 2 aromatic rings. The zero-order valence-electron chi connectivity index (χ0n) is 15.9. The van der Waals surface area contributed by atoms with Crippen LogP contribution in [0.1, 0.15) is 22.3 Å². The minimum atomic E-state index is -4.21. The van der Waals surface area contributed by atoms with Crippen molar-refractivity contribution in [1.82, 2.24) is 9.62 Å². The number of hydrogen-bond acceptors (Lipinski definition) is 4. The number of piperazine rings is 1. The van der Waals surface area contributed by atoms with Gasteiger partial charge in [0.1, 0.15) is 16.3 Å². The fourth-order valence-electron chi connectivity index (χ4n) is 3.20. The number of alkyl halides is 2. The zero-order valence-corrected chi connectivity index (χ0v) is 16.7. The number of nitrogens with zero attached hydrogens (tertiary/aromatic N) is 2. The van der Waals surface area contributed by atoms with Crippen LogP contribution in [0.25, 0.3) is 0 Å². The van der Waals surface area contributed by atoms with Crippen LogP contribution in [0.15, 0.2) is 41.3 Å². The molecule has 6 nitrogen and oxygen atoms in total. The van der Waals surface area contributed by atoms with Gasteiger partial charge in [-0.05, 0) is 31.3 Å². The molecular weight excluding hydrogens is 426 g/mol. The molecule has 30 heavy (non-hydrogen) atoms. The van der Waals surface area contributed by atoms with Gasteiger partial charge in [-0.15, -0.1) is 0 Å². The lowest BCUT2D eigenvalue weighted by molar-refractivity contribution is 0.0736. The summed E-state index contributed by atoms with van der Waals surface area (Å²) >= 11 is 0. The summed E-state index contributed by atoms with van der Waals surface area (Å²) in [4.78, 5) is 15.0. The largest absolute Gasteiger partial charge is 0.368 e. The molecule has 162 valence electrons. The van der Waals surface area contributed by atoms with Crippen molar-refractivity contribution >= 4 is 21.6 Å². The minimum Gasteiger partial charge on any atom is -0.368 e. The summed E-state index contributed by atoms with van der Waals surface area (Å²) < 4.78 is 80.0. The lowest BCUT2D eigenvalue weighted by atomic mass is 10.1. The van der Waals surface area contributed by atoms with Crippen molar-refractivity contribution in [2.75, 3.05) is 38.1 Å². The fraction of sp³-hybridized carbons (Fsp3) is 0.316. The first-order valence-electron chi connectivity index (χ1n) is 8.99. The van der Waals surface area contributed by atoms with E-state index in [0.717, 1.165) is 19.2 Å². The van der Waals surface area contributed by atoms with Crippen LogP contribution in [0.2, 0.25) is 0 Å². The van der Waals surface area contributed by atoms with E-state index in [0.29, 0.717) is 18.8 Å². The normalized spacial score (nSPS) is 15.0. The summed E-state index contributed by atoms with van der Waals surface area (Å²) in [5, 5.41) is 0. The molecule has 0 aliphatic carbocycles. The third-order valence-electron chi connectivity index (χ3n) is 4.90. The number of rotatable bonds is 5. The second-order valence-electron chi connectivity index (χ2n) is 6.61. The maximum Gasteiger partial charge on any atom is 0.263 e. The summed E-state index contributed by atoms with van der Waals surface area (Å²) in [6.45, 7) is 0.879. The molecule has 0 bridgehead atoms. The van der Waals surface area contributed by atoms with E-state index in [4.69, 9.17) is 0 Å². The minimum absolute atomic E-state index is 0.102. The van der Waals surface area contributed by atoms with E-state index in [2.05, 4.69) is 0 Å². The van der Waals surface area contributed by atoms with Crippen LogP contribution in [-0.2, 0) is 10.0 Å². The van der Waals surface area contributed by atoms with Crippen LogP contribution in [0.4, 0.5) is 23.2 Å². The number of carbonyl (C=O) groups is 1. The van der Waals surface area contributed by atoms with Gasteiger partial charge in [-0.2, -0.15) is 0 Å². The number of carbonyl (C=O) groups excluding carboxylic acids is 1. The second-order valence-corrected chi connectivity index (χ2v) is 8.47. The van der Waals surface area contributed by atoms with E-state index in [1.165, 1.54) is 17.0 Å². The van der Waals surface area contributed by atoms with E-state index >= 15 is 0 Å². The highest BCUT2D eigenvalue weighted by Gasteiger charge is 2.30. The number of sulfonamides is 1. The average Bonchev–Trinajstić information content (AvgIpc) is 2.73. The standard InChI is InChI=1S/C19H19F4N3O3S/c1-24-30(28,29)15-7-6-14(20)16(17(15)21)19(27)26-10-8-25(9-11-26)13-4-2-12(3-5-13)18(22)23/h2-7,18,24H,8-11H2,1H3. The van der Waals surface area contributed by atoms with Crippen LogP contribution in [0.5, 0.6) is 0 Å². The maximum atomic E-state index is 14.7. The SMILES string of the molecule is CNS(=O)(=O)c1ccc(F)c(C(=O)N2CCN(c3ccc(C(F)F)cc3)CC2)c1F. The molecule has 1 fully saturated rings.